The van der Waals surface area contributed by atoms with Crippen molar-refractivity contribution in [2.24, 2.45) is 5.73 Å². The largest absolute Gasteiger partial charge is 0.495 e. The van der Waals surface area contributed by atoms with Gasteiger partial charge in [0.1, 0.15) is 5.75 Å². The second-order valence-corrected chi connectivity index (χ2v) is 3.59. The molecule has 0 amide bonds. The highest BCUT2D eigenvalue weighted by molar-refractivity contribution is 6.32. The van der Waals surface area contributed by atoms with Gasteiger partial charge in [0.15, 0.2) is 0 Å². The summed E-state index contributed by atoms with van der Waals surface area (Å²) in [5.41, 5.74) is 4.89. The van der Waals surface area contributed by atoms with Crippen LogP contribution in [0.4, 0.5) is 13.2 Å². The van der Waals surface area contributed by atoms with Gasteiger partial charge in [0, 0.05) is 0 Å². The summed E-state index contributed by atoms with van der Waals surface area (Å²) in [6, 6.07) is 1.86. The summed E-state index contributed by atoms with van der Waals surface area (Å²) in [6.45, 7) is 0.230. The van der Waals surface area contributed by atoms with E-state index < -0.39 is 11.7 Å². The van der Waals surface area contributed by atoms with E-state index in [9.17, 15) is 13.2 Å². The molecule has 0 fully saturated rings. The van der Waals surface area contributed by atoms with Crippen LogP contribution >= 0.6 is 11.6 Å². The quantitative estimate of drug-likeness (QED) is 0.899. The summed E-state index contributed by atoms with van der Waals surface area (Å²) in [5.74, 6) is 0.250. The van der Waals surface area contributed by atoms with Gasteiger partial charge in [0.25, 0.3) is 0 Å². The van der Waals surface area contributed by atoms with Gasteiger partial charge in [-0.2, -0.15) is 13.2 Å². The van der Waals surface area contributed by atoms with Gasteiger partial charge < -0.3 is 10.5 Å². The molecule has 90 valence electrons. The maximum atomic E-state index is 12.5. The highest BCUT2D eigenvalue weighted by Crippen LogP contribution is 2.37. The normalized spacial score (nSPS) is 11.6. The Hall–Kier alpha value is -0.940. The molecule has 0 aliphatic rings. The van der Waals surface area contributed by atoms with Crippen molar-refractivity contribution in [2.75, 3.05) is 13.7 Å². The Morgan fingerprint density at radius 2 is 2.00 bits per heavy atom. The van der Waals surface area contributed by atoms with Crippen LogP contribution in [0.1, 0.15) is 11.1 Å². The van der Waals surface area contributed by atoms with Gasteiger partial charge in [-0.15, -0.1) is 0 Å². The molecule has 0 radical (unpaired) electrons. The minimum atomic E-state index is -4.42. The van der Waals surface area contributed by atoms with Crippen LogP contribution in [0.3, 0.4) is 0 Å². The third-order valence-corrected chi connectivity index (χ3v) is 2.35. The van der Waals surface area contributed by atoms with Gasteiger partial charge in [-0.1, -0.05) is 11.6 Å². The Labute approximate surface area is 96.1 Å². The first-order chi connectivity index (χ1) is 7.40. The lowest BCUT2D eigenvalue weighted by Gasteiger charge is -2.14. The lowest BCUT2D eigenvalue weighted by Crippen LogP contribution is -2.09. The SMILES string of the molecule is COc1c(Cl)cc(C(F)(F)F)cc1CCN. The van der Waals surface area contributed by atoms with Crippen molar-refractivity contribution in [3.63, 3.8) is 0 Å². The third kappa shape index (κ3) is 2.80. The predicted molar refractivity (Wildman–Crippen MR) is 55.8 cm³/mol. The van der Waals surface area contributed by atoms with Gasteiger partial charge in [-0.05, 0) is 30.7 Å². The number of methoxy groups -OCH3 is 1. The zero-order chi connectivity index (χ0) is 12.3. The third-order valence-electron chi connectivity index (χ3n) is 2.07. The zero-order valence-electron chi connectivity index (χ0n) is 8.57. The fourth-order valence-corrected chi connectivity index (χ4v) is 1.70. The predicted octanol–water partition coefficient (Wildman–Crippen LogP) is 2.87. The van der Waals surface area contributed by atoms with Gasteiger partial charge in [0.05, 0.1) is 17.7 Å². The molecule has 0 aliphatic heterocycles. The summed E-state index contributed by atoms with van der Waals surface area (Å²) in [7, 11) is 1.36. The molecule has 0 saturated heterocycles. The molecule has 2 nitrogen and oxygen atoms in total. The van der Waals surface area contributed by atoms with E-state index in [4.69, 9.17) is 22.1 Å². The molecule has 0 atom stereocenters. The maximum Gasteiger partial charge on any atom is 0.416 e. The molecule has 1 rings (SSSR count). The molecule has 1 aromatic rings. The second-order valence-electron chi connectivity index (χ2n) is 3.19. The highest BCUT2D eigenvalue weighted by Gasteiger charge is 2.32. The molecule has 0 spiro atoms. The number of alkyl halides is 3. The molecular weight excluding hydrogens is 243 g/mol. The Morgan fingerprint density at radius 1 is 1.38 bits per heavy atom. The smallest absolute Gasteiger partial charge is 0.416 e. The van der Waals surface area contributed by atoms with E-state index in [-0.39, 0.29) is 23.7 Å². The number of hydrogen-bond acceptors (Lipinski definition) is 2. The van der Waals surface area contributed by atoms with E-state index in [1.54, 1.807) is 0 Å². The first kappa shape index (κ1) is 13.1. The summed E-state index contributed by atoms with van der Waals surface area (Å²) in [4.78, 5) is 0. The average Bonchev–Trinajstić information content (AvgIpc) is 2.16. The van der Waals surface area contributed by atoms with Crippen LogP contribution in [0, 0.1) is 0 Å². The molecule has 16 heavy (non-hydrogen) atoms. The van der Waals surface area contributed by atoms with Gasteiger partial charge in [0.2, 0.25) is 0 Å². The van der Waals surface area contributed by atoms with Crippen LogP contribution in [0.2, 0.25) is 5.02 Å². The first-order valence-electron chi connectivity index (χ1n) is 4.53. The molecule has 2 N–H and O–H groups in total. The van der Waals surface area contributed by atoms with Crippen molar-refractivity contribution in [3.8, 4) is 5.75 Å². The summed E-state index contributed by atoms with van der Waals surface area (Å²) >= 11 is 5.71. The van der Waals surface area contributed by atoms with Crippen molar-refractivity contribution >= 4 is 11.6 Å². The Morgan fingerprint density at radius 3 is 2.44 bits per heavy atom. The van der Waals surface area contributed by atoms with Gasteiger partial charge in [-0.3, -0.25) is 0 Å². The van der Waals surface area contributed by atoms with Crippen molar-refractivity contribution in [3.05, 3.63) is 28.3 Å². The van der Waals surface area contributed by atoms with Crippen LogP contribution in [0.5, 0.6) is 5.75 Å². The van der Waals surface area contributed by atoms with E-state index in [0.29, 0.717) is 5.56 Å². The van der Waals surface area contributed by atoms with E-state index in [1.807, 2.05) is 0 Å². The first-order valence-corrected chi connectivity index (χ1v) is 4.91. The fourth-order valence-electron chi connectivity index (χ4n) is 1.38. The summed E-state index contributed by atoms with van der Waals surface area (Å²) in [6.07, 6.45) is -4.13. The molecule has 0 unspecified atom stereocenters. The monoisotopic (exact) mass is 253 g/mol. The molecule has 0 heterocycles. The summed E-state index contributed by atoms with van der Waals surface area (Å²) < 4.78 is 42.4. The van der Waals surface area contributed by atoms with E-state index in [2.05, 4.69) is 0 Å². The van der Waals surface area contributed by atoms with Crippen molar-refractivity contribution < 1.29 is 17.9 Å². The molecule has 0 saturated carbocycles. The van der Waals surface area contributed by atoms with Crippen molar-refractivity contribution in [2.45, 2.75) is 12.6 Å². The van der Waals surface area contributed by atoms with E-state index in [0.717, 1.165) is 12.1 Å². The standard InChI is InChI=1S/C10H11ClF3NO/c1-16-9-6(2-3-15)4-7(5-8(9)11)10(12,13)14/h4-5H,2-3,15H2,1H3. The van der Waals surface area contributed by atoms with Crippen LogP contribution < -0.4 is 10.5 Å². The summed E-state index contributed by atoms with van der Waals surface area (Å²) in [5, 5.41) is -0.0548. The Bertz CT molecular complexity index is 379. The lowest BCUT2D eigenvalue weighted by molar-refractivity contribution is -0.137. The van der Waals surface area contributed by atoms with Crippen LogP contribution in [0.25, 0.3) is 0 Å². The highest BCUT2D eigenvalue weighted by atomic mass is 35.5. The number of ether oxygens (including phenoxy) is 1. The van der Waals surface area contributed by atoms with Crippen LogP contribution in [0.15, 0.2) is 12.1 Å². The lowest BCUT2D eigenvalue weighted by atomic mass is 10.1. The van der Waals surface area contributed by atoms with Crippen molar-refractivity contribution in [1.29, 1.82) is 0 Å². The number of benzene rings is 1. The molecule has 0 aromatic heterocycles. The Kier molecular flexibility index (Phi) is 4.04. The zero-order valence-corrected chi connectivity index (χ0v) is 9.32. The Balaban J connectivity index is 3.28. The molecule has 1 aromatic carbocycles. The van der Waals surface area contributed by atoms with E-state index in [1.165, 1.54) is 7.11 Å². The van der Waals surface area contributed by atoms with Crippen LogP contribution in [-0.4, -0.2) is 13.7 Å². The van der Waals surface area contributed by atoms with E-state index >= 15 is 0 Å². The van der Waals surface area contributed by atoms with Gasteiger partial charge in [-0.25, -0.2) is 0 Å². The number of rotatable bonds is 3. The topological polar surface area (TPSA) is 35.2 Å². The van der Waals surface area contributed by atoms with Crippen LogP contribution in [-0.2, 0) is 12.6 Å². The molecule has 0 aliphatic carbocycles. The number of nitrogens with two attached hydrogens (primary N) is 1. The van der Waals surface area contributed by atoms with Gasteiger partial charge >= 0.3 is 6.18 Å². The number of hydrogen-bond donors (Lipinski definition) is 1. The average molecular weight is 254 g/mol. The minimum Gasteiger partial charge on any atom is -0.495 e. The van der Waals surface area contributed by atoms with Crippen molar-refractivity contribution in [1.82, 2.24) is 0 Å². The fraction of sp³-hybridized carbons (Fsp3) is 0.400. The molecular formula is C10H11ClF3NO. The minimum absolute atomic E-state index is 0.0548. The molecule has 0 bridgehead atoms. The molecule has 6 heteroatoms. The number of halogens is 4. The second kappa shape index (κ2) is 4.93. The maximum absolute atomic E-state index is 12.5.